The van der Waals surface area contributed by atoms with E-state index in [0.717, 1.165) is 32.5 Å². The fourth-order valence-electron chi connectivity index (χ4n) is 2.07. The second-order valence-corrected chi connectivity index (χ2v) is 4.39. The lowest BCUT2D eigenvalue weighted by atomic mass is 10.2. The molecule has 0 saturated carbocycles. The van der Waals surface area contributed by atoms with E-state index in [9.17, 15) is 0 Å². The summed E-state index contributed by atoms with van der Waals surface area (Å²) in [6, 6.07) is 0.601. The molecule has 1 aliphatic rings. The van der Waals surface area contributed by atoms with E-state index in [0.29, 0.717) is 12.1 Å². The average molecular weight is 212 g/mol. The van der Waals surface area contributed by atoms with Gasteiger partial charge in [-0.1, -0.05) is 6.08 Å². The lowest BCUT2D eigenvalue weighted by molar-refractivity contribution is 0.116. The van der Waals surface area contributed by atoms with Crippen molar-refractivity contribution in [1.82, 2.24) is 10.2 Å². The summed E-state index contributed by atoms with van der Waals surface area (Å²) in [4.78, 5) is 2.39. The Morgan fingerprint density at radius 2 is 2.40 bits per heavy atom. The van der Waals surface area contributed by atoms with Crippen LogP contribution in [0.5, 0.6) is 0 Å². The number of likely N-dealkylation sites (N-methyl/N-ethyl adjacent to an activating group) is 1. The lowest BCUT2D eigenvalue weighted by Crippen LogP contribution is -2.35. The first-order valence-corrected chi connectivity index (χ1v) is 5.82. The predicted octanol–water partition coefficient (Wildman–Crippen LogP) is 1.26. The molecule has 1 rings (SSSR count). The van der Waals surface area contributed by atoms with Gasteiger partial charge in [-0.25, -0.2) is 0 Å². The molecule has 0 aliphatic carbocycles. The van der Waals surface area contributed by atoms with Gasteiger partial charge < -0.3 is 15.0 Å². The molecule has 1 heterocycles. The Morgan fingerprint density at radius 1 is 1.60 bits per heavy atom. The summed E-state index contributed by atoms with van der Waals surface area (Å²) < 4.78 is 5.33. The summed E-state index contributed by atoms with van der Waals surface area (Å²) in [7, 11) is 3.98. The Balaban J connectivity index is 2.10. The molecule has 1 N–H and O–H groups in total. The van der Waals surface area contributed by atoms with E-state index in [1.165, 1.54) is 6.42 Å². The molecule has 2 atom stereocenters. The van der Waals surface area contributed by atoms with E-state index in [4.69, 9.17) is 4.74 Å². The third kappa shape index (κ3) is 4.78. The van der Waals surface area contributed by atoms with Crippen LogP contribution in [-0.2, 0) is 4.74 Å². The minimum absolute atomic E-state index is 0.413. The minimum atomic E-state index is 0.413. The van der Waals surface area contributed by atoms with Crippen LogP contribution in [0.15, 0.2) is 12.7 Å². The summed E-state index contributed by atoms with van der Waals surface area (Å²) in [5.41, 5.74) is 0. The minimum Gasteiger partial charge on any atom is -0.380 e. The molecule has 1 saturated heterocycles. The zero-order chi connectivity index (χ0) is 11.1. The highest BCUT2D eigenvalue weighted by molar-refractivity contribution is 4.84. The number of hydrogen-bond acceptors (Lipinski definition) is 3. The lowest BCUT2D eigenvalue weighted by Gasteiger charge is -2.20. The molecule has 1 fully saturated rings. The fourth-order valence-corrected chi connectivity index (χ4v) is 2.07. The van der Waals surface area contributed by atoms with Crippen LogP contribution in [0.3, 0.4) is 0 Å². The molecular formula is C12H24N2O. The average Bonchev–Trinajstić information content (AvgIpc) is 2.66. The topological polar surface area (TPSA) is 24.5 Å². The first kappa shape index (κ1) is 12.7. The number of rotatable bonds is 7. The predicted molar refractivity (Wildman–Crippen MR) is 64.1 cm³/mol. The number of hydrogen-bond donors (Lipinski definition) is 1. The zero-order valence-electron chi connectivity index (χ0n) is 10.0. The smallest absolute Gasteiger partial charge is 0.0711 e. The third-order valence-corrected chi connectivity index (χ3v) is 3.00. The third-order valence-electron chi connectivity index (χ3n) is 3.00. The van der Waals surface area contributed by atoms with Gasteiger partial charge in [0.2, 0.25) is 0 Å². The monoisotopic (exact) mass is 212 g/mol. The summed E-state index contributed by atoms with van der Waals surface area (Å²) in [5.74, 6) is 0. The first-order valence-electron chi connectivity index (χ1n) is 5.82. The molecule has 0 radical (unpaired) electrons. The van der Waals surface area contributed by atoms with Crippen LogP contribution in [0.4, 0.5) is 0 Å². The molecule has 1 aliphatic heterocycles. The first-order chi connectivity index (χ1) is 7.26. The van der Waals surface area contributed by atoms with Gasteiger partial charge in [-0.05, 0) is 32.9 Å². The van der Waals surface area contributed by atoms with Crippen LogP contribution in [0.1, 0.15) is 19.3 Å². The van der Waals surface area contributed by atoms with Gasteiger partial charge in [0.25, 0.3) is 0 Å². The highest BCUT2D eigenvalue weighted by atomic mass is 16.5. The molecule has 0 amide bonds. The molecule has 3 nitrogen and oxygen atoms in total. The molecule has 0 aromatic carbocycles. The van der Waals surface area contributed by atoms with Crippen LogP contribution in [0, 0.1) is 0 Å². The number of nitrogens with one attached hydrogen (secondary N) is 1. The van der Waals surface area contributed by atoms with E-state index in [-0.39, 0.29) is 0 Å². The van der Waals surface area contributed by atoms with Gasteiger partial charge in [-0.15, -0.1) is 6.58 Å². The standard InChI is InChI=1S/C12H24N2O/c1-4-5-6-7-14(2)10-11-8-12(15-3)9-13-11/h4,11-13H,1,5-10H2,2-3H3. The Kier molecular flexibility index (Phi) is 5.91. The molecule has 3 heteroatoms. The van der Waals surface area contributed by atoms with Gasteiger partial charge >= 0.3 is 0 Å². The van der Waals surface area contributed by atoms with Crippen molar-refractivity contribution in [2.24, 2.45) is 0 Å². The highest BCUT2D eigenvalue weighted by Gasteiger charge is 2.24. The Morgan fingerprint density at radius 3 is 3.00 bits per heavy atom. The van der Waals surface area contributed by atoms with Gasteiger partial charge in [-0.2, -0.15) is 0 Å². The van der Waals surface area contributed by atoms with Crippen molar-refractivity contribution in [2.75, 3.05) is 33.8 Å². The number of ether oxygens (including phenoxy) is 1. The highest BCUT2D eigenvalue weighted by Crippen LogP contribution is 2.10. The Labute approximate surface area is 93.5 Å². The van der Waals surface area contributed by atoms with Crippen molar-refractivity contribution in [2.45, 2.75) is 31.4 Å². The van der Waals surface area contributed by atoms with Crippen molar-refractivity contribution in [1.29, 1.82) is 0 Å². The van der Waals surface area contributed by atoms with E-state index < -0.39 is 0 Å². The quantitative estimate of drug-likeness (QED) is 0.508. The molecule has 0 aromatic rings. The molecular weight excluding hydrogens is 188 g/mol. The van der Waals surface area contributed by atoms with Crippen LogP contribution in [0.2, 0.25) is 0 Å². The van der Waals surface area contributed by atoms with Gasteiger partial charge in [-0.3, -0.25) is 0 Å². The number of unbranched alkanes of at least 4 members (excludes halogenated alkanes) is 1. The summed E-state index contributed by atoms with van der Waals surface area (Å²) in [5, 5.41) is 3.49. The second kappa shape index (κ2) is 6.99. The van der Waals surface area contributed by atoms with Gasteiger partial charge in [0.05, 0.1) is 6.10 Å². The zero-order valence-corrected chi connectivity index (χ0v) is 10.0. The maximum Gasteiger partial charge on any atom is 0.0711 e. The van der Waals surface area contributed by atoms with Crippen molar-refractivity contribution in [3.8, 4) is 0 Å². The van der Waals surface area contributed by atoms with Gasteiger partial charge in [0.1, 0.15) is 0 Å². The molecule has 0 spiro atoms. The number of methoxy groups -OCH3 is 1. The van der Waals surface area contributed by atoms with E-state index in [1.54, 1.807) is 7.11 Å². The van der Waals surface area contributed by atoms with Crippen molar-refractivity contribution in [3.05, 3.63) is 12.7 Å². The van der Waals surface area contributed by atoms with Crippen molar-refractivity contribution >= 4 is 0 Å². The fraction of sp³-hybridized carbons (Fsp3) is 0.833. The molecule has 88 valence electrons. The molecule has 2 unspecified atom stereocenters. The van der Waals surface area contributed by atoms with E-state index in [1.807, 2.05) is 6.08 Å². The maximum absolute atomic E-state index is 5.33. The van der Waals surface area contributed by atoms with E-state index in [2.05, 4.69) is 23.8 Å². The maximum atomic E-state index is 5.33. The van der Waals surface area contributed by atoms with Gasteiger partial charge in [0, 0.05) is 26.2 Å². The SMILES string of the molecule is C=CCCCN(C)CC1CC(OC)CN1. The largest absolute Gasteiger partial charge is 0.380 e. The van der Waals surface area contributed by atoms with E-state index >= 15 is 0 Å². The number of allylic oxidation sites excluding steroid dienone is 1. The Bertz CT molecular complexity index is 184. The van der Waals surface area contributed by atoms with Crippen LogP contribution in [0.25, 0.3) is 0 Å². The Hall–Kier alpha value is -0.380. The van der Waals surface area contributed by atoms with Crippen molar-refractivity contribution in [3.63, 3.8) is 0 Å². The molecule has 0 bridgehead atoms. The molecule has 0 aromatic heterocycles. The number of nitrogens with zero attached hydrogens (tertiary/aromatic N) is 1. The second-order valence-electron chi connectivity index (χ2n) is 4.39. The molecule has 15 heavy (non-hydrogen) atoms. The van der Waals surface area contributed by atoms with Crippen LogP contribution >= 0.6 is 0 Å². The normalized spacial score (nSPS) is 26.1. The summed E-state index contributed by atoms with van der Waals surface area (Å²) >= 11 is 0. The van der Waals surface area contributed by atoms with Crippen LogP contribution < -0.4 is 5.32 Å². The van der Waals surface area contributed by atoms with Gasteiger partial charge in [0.15, 0.2) is 0 Å². The summed E-state index contributed by atoms with van der Waals surface area (Å²) in [6.07, 6.45) is 5.87. The van der Waals surface area contributed by atoms with Crippen molar-refractivity contribution < 1.29 is 4.74 Å². The summed E-state index contributed by atoms with van der Waals surface area (Å²) in [6.45, 7) is 7.01. The van der Waals surface area contributed by atoms with Crippen LogP contribution in [-0.4, -0.2) is 50.8 Å².